The van der Waals surface area contributed by atoms with Gasteiger partial charge in [0.2, 0.25) is 5.82 Å². The third-order valence-electron chi connectivity index (χ3n) is 3.90. The molecule has 0 aliphatic carbocycles. The van der Waals surface area contributed by atoms with Gasteiger partial charge < -0.3 is 0 Å². The Morgan fingerprint density at radius 1 is 1.12 bits per heavy atom. The second-order valence-electron chi connectivity index (χ2n) is 5.64. The quantitative estimate of drug-likeness (QED) is 0.678. The molecule has 9 heteroatoms. The zero-order chi connectivity index (χ0) is 17.2. The Morgan fingerprint density at radius 2 is 1.85 bits per heavy atom. The highest BCUT2D eigenvalue weighted by atomic mass is 79.9. The molecule has 2 N–H and O–H groups in total. The van der Waals surface area contributed by atoms with Crippen molar-refractivity contribution in [3.05, 3.63) is 65.7 Å². The van der Waals surface area contributed by atoms with E-state index in [1.54, 1.807) is 0 Å². The van der Waals surface area contributed by atoms with Crippen molar-refractivity contribution in [2.75, 3.05) is 0 Å². The van der Waals surface area contributed by atoms with Crippen LogP contribution in [0.1, 0.15) is 11.1 Å². The minimum atomic E-state index is -0.311. The molecule has 2 heterocycles. The summed E-state index contributed by atoms with van der Waals surface area (Å²) >= 11 is 0. The summed E-state index contributed by atoms with van der Waals surface area (Å²) in [4.78, 5) is 13.5. The Labute approximate surface area is 160 Å². The molecule has 2 aromatic carbocycles. The first-order valence-electron chi connectivity index (χ1n) is 7.78. The number of tetrazole rings is 1. The van der Waals surface area contributed by atoms with Gasteiger partial charge in [-0.2, -0.15) is 4.80 Å². The Bertz CT molecular complexity index is 941. The summed E-state index contributed by atoms with van der Waals surface area (Å²) in [5.41, 5.74) is 5.39. The lowest BCUT2D eigenvalue weighted by Gasteiger charge is -2.18. The van der Waals surface area contributed by atoms with E-state index < -0.39 is 0 Å². The maximum Gasteiger partial charge on any atom is 0.262 e. The number of amides is 1. The van der Waals surface area contributed by atoms with Crippen LogP contribution in [0.3, 0.4) is 0 Å². The lowest BCUT2D eigenvalue weighted by molar-refractivity contribution is -0.125. The first kappa shape index (κ1) is 17.7. The molecule has 1 aliphatic rings. The second-order valence-corrected chi connectivity index (χ2v) is 5.64. The van der Waals surface area contributed by atoms with E-state index in [-0.39, 0.29) is 35.3 Å². The van der Waals surface area contributed by atoms with Crippen molar-refractivity contribution in [1.29, 1.82) is 5.41 Å². The third kappa shape index (κ3) is 3.47. The first-order chi connectivity index (χ1) is 12.2. The van der Waals surface area contributed by atoms with Crippen LogP contribution >= 0.6 is 17.0 Å². The van der Waals surface area contributed by atoms with E-state index in [0.29, 0.717) is 12.4 Å². The van der Waals surface area contributed by atoms with Gasteiger partial charge >= 0.3 is 0 Å². The Kier molecular flexibility index (Phi) is 5.08. The highest BCUT2D eigenvalue weighted by Crippen LogP contribution is 2.20. The van der Waals surface area contributed by atoms with Crippen molar-refractivity contribution in [2.24, 2.45) is 0 Å². The lowest BCUT2D eigenvalue weighted by Crippen LogP contribution is -2.44. The average molecular weight is 414 g/mol. The van der Waals surface area contributed by atoms with Gasteiger partial charge in [0.05, 0.1) is 6.54 Å². The fourth-order valence-electron chi connectivity index (χ4n) is 2.71. The maximum absolute atomic E-state index is 12.2. The van der Waals surface area contributed by atoms with Crippen LogP contribution < -0.4 is 5.43 Å². The minimum Gasteiger partial charge on any atom is -0.283 e. The van der Waals surface area contributed by atoms with Gasteiger partial charge in [-0.3, -0.25) is 20.6 Å². The SMILES string of the molecule is Br.N=C1c2ccccc2CN1NC(=O)Cn1nnc(-c2ccccc2)n1. The van der Waals surface area contributed by atoms with E-state index in [1.165, 1.54) is 9.81 Å². The number of nitrogens with zero attached hydrogens (tertiary/aromatic N) is 5. The summed E-state index contributed by atoms with van der Waals surface area (Å²) in [5, 5.41) is 21.7. The molecule has 132 valence electrons. The van der Waals surface area contributed by atoms with Gasteiger partial charge in [-0.15, -0.1) is 27.2 Å². The third-order valence-corrected chi connectivity index (χ3v) is 3.90. The number of hydrogen-bond donors (Lipinski definition) is 2. The summed E-state index contributed by atoms with van der Waals surface area (Å²) in [6.07, 6.45) is 0. The number of amidine groups is 1. The van der Waals surface area contributed by atoms with Gasteiger partial charge in [-0.25, -0.2) is 0 Å². The molecule has 8 nitrogen and oxygen atoms in total. The van der Waals surface area contributed by atoms with E-state index in [4.69, 9.17) is 5.41 Å². The number of aromatic nitrogens is 4. The average Bonchev–Trinajstić information content (AvgIpc) is 3.21. The molecule has 0 fully saturated rings. The van der Waals surface area contributed by atoms with Crippen molar-refractivity contribution in [3.63, 3.8) is 0 Å². The van der Waals surface area contributed by atoms with Crippen LogP contribution in [0.5, 0.6) is 0 Å². The maximum atomic E-state index is 12.2. The van der Waals surface area contributed by atoms with Crippen molar-refractivity contribution >= 4 is 28.7 Å². The molecule has 0 bridgehead atoms. The van der Waals surface area contributed by atoms with Gasteiger partial charge in [-0.05, 0) is 10.8 Å². The largest absolute Gasteiger partial charge is 0.283 e. The highest BCUT2D eigenvalue weighted by molar-refractivity contribution is 8.93. The van der Waals surface area contributed by atoms with Crippen LogP contribution in [0.15, 0.2) is 54.6 Å². The number of hydrogen-bond acceptors (Lipinski definition) is 5. The smallest absolute Gasteiger partial charge is 0.262 e. The molecule has 1 aromatic heterocycles. The van der Waals surface area contributed by atoms with Crippen LogP contribution in [-0.4, -0.2) is 37.0 Å². The molecular weight excluding hydrogens is 398 g/mol. The molecule has 1 amide bonds. The van der Waals surface area contributed by atoms with E-state index in [9.17, 15) is 4.79 Å². The zero-order valence-electron chi connectivity index (χ0n) is 13.7. The van der Waals surface area contributed by atoms with Gasteiger partial charge in [0.15, 0.2) is 0 Å². The minimum absolute atomic E-state index is 0. The first-order valence-corrected chi connectivity index (χ1v) is 7.78. The van der Waals surface area contributed by atoms with Crippen LogP contribution in [-0.2, 0) is 17.9 Å². The number of carbonyl (C=O) groups is 1. The van der Waals surface area contributed by atoms with Gasteiger partial charge in [-0.1, -0.05) is 54.6 Å². The molecular formula is C17H16BrN7O. The number of benzene rings is 2. The van der Waals surface area contributed by atoms with Crippen LogP contribution in [0.2, 0.25) is 0 Å². The number of nitrogens with one attached hydrogen (secondary N) is 2. The molecule has 4 rings (SSSR count). The fourth-order valence-corrected chi connectivity index (χ4v) is 2.71. The highest BCUT2D eigenvalue weighted by Gasteiger charge is 2.25. The molecule has 3 aromatic rings. The molecule has 0 saturated heterocycles. The predicted octanol–water partition coefficient (Wildman–Crippen LogP) is 1.79. The van der Waals surface area contributed by atoms with Crippen molar-refractivity contribution < 1.29 is 4.79 Å². The number of rotatable bonds is 4. The molecule has 0 unspecified atom stereocenters. The Hall–Kier alpha value is -3.07. The van der Waals surface area contributed by atoms with E-state index in [0.717, 1.165) is 16.7 Å². The topological polar surface area (TPSA) is 99.8 Å². The van der Waals surface area contributed by atoms with Crippen molar-refractivity contribution in [3.8, 4) is 11.4 Å². The molecule has 26 heavy (non-hydrogen) atoms. The van der Waals surface area contributed by atoms with Gasteiger partial charge in [0.1, 0.15) is 12.4 Å². The summed E-state index contributed by atoms with van der Waals surface area (Å²) in [6.45, 7) is 0.404. The van der Waals surface area contributed by atoms with Crippen LogP contribution in [0, 0.1) is 5.41 Å². The van der Waals surface area contributed by atoms with E-state index in [1.807, 2.05) is 54.6 Å². The van der Waals surface area contributed by atoms with Crippen LogP contribution in [0.25, 0.3) is 11.4 Å². The lowest BCUT2D eigenvalue weighted by atomic mass is 10.1. The van der Waals surface area contributed by atoms with Crippen molar-refractivity contribution in [2.45, 2.75) is 13.1 Å². The predicted molar refractivity (Wildman–Crippen MR) is 101 cm³/mol. The monoisotopic (exact) mass is 413 g/mol. The van der Waals surface area contributed by atoms with Gasteiger partial charge in [0.25, 0.3) is 5.91 Å². The number of halogens is 1. The number of carbonyl (C=O) groups excluding carboxylic acids is 1. The normalized spacial score (nSPS) is 12.5. The molecule has 1 aliphatic heterocycles. The summed E-state index contributed by atoms with van der Waals surface area (Å²) < 4.78 is 0. The Balaban J connectivity index is 0.00000196. The van der Waals surface area contributed by atoms with E-state index >= 15 is 0 Å². The molecule has 0 saturated carbocycles. The number of fused-ring (bicyclic) bond motifs is 1. The number of hydrazine groups is 1. The van der Waals surface area contributed by atoms with Crippen molar-refractivity contribution in [1.82, 2.24) is 30.6 Å². The standard InChI is InChI=1S/C17H15N7O.BrH/c18-16-14-9-5-4-8-13(14)10-23(16)20-15(25)11-24-21-17(19-22-24)12-6-2-1-3-7-12;/h1-9,18H,10-11H2,(H,20,25);1H. The summed E-state index contributed by atoms with van der Waals surface area (Å²) in [7, 11) is 0. The second kappa shape index (κ2) is 7.44. The van der Waals surface area contributed by atoms with E-state index in [2.05, 4.69) is 20.8 Å². The van der Waals surface area contributed by atoms with Gasteiger partial charge in [0, 0.05) is 11.1 Å². The summed E-state index contributed by atoms with van der Waals surface area (Å²) in [6, 6.07) is 17.1. The van der Waals surface area contributed by atoms with Crippen LogP contribution in [0.4, 0.5) is 0 Å². The summed E-state index contributed by atoms with van der Waals surface area (Å²) in [5.74, 6) is 0.435. The molecule has 0 spiro atoms. The molecule has 0 atom stereocenters. The Morgan fingerprint density at radius 3 is 2.62 bits per heavy atom. The fraction of sp³-hybridized carbons (Fsp3) is 0.118. The molecule has 0 radical (unpaired) electrons. The zero-order valence-corrected chi connectivity index (χ0v) is 15.4.